The van der Waals surface area contributed by atoms with Gasteiger partial charge in [-0.15, -0.1) is 0 Å². The molecular formula is C25H30ClN3O5. The third-order valence-corrected chi connectivity index (χ3v) is 6.94. The maximum absolute atomic E-state index is 13.3. The Bertz CT molecular complexity index is 986. The Kier molecular flexibility index (Phi) is 7.49. The lowest BCUT2D eigenvalue weighted by Gasteiger charge is -2.30. The van der Waals surface area contributed by atoms with Gasteiger partial charge in [-0.2, -0.15) is 0 Å². The fourth-order valence-electron chi connectivity index (χ4n) is 4.71. The minimum absolute atomic E-state index is 0.118. The third-order valence-electron chi connectivity index (χ3n) is 6.59. The predicted molar refractivity (Wildman–Crippen MR) is 126 cm³/mol. The molecule has 8 nitrogen and oxygen atoms in total. The molecule has 0 radical (unpaired) electrons. The first-order chi connectivity index (χ1) is 16.6. The SMILES string of the molecule is O=C1CN(Cc2cc3c(cc2Cl)OCO3)C[C@H](OCc2ccncc2)CN1CC1CCOCC1. The van der Waals surface area contributed by atoms with Crippen LogP contribution in [0.1, 0.15) is 24.0 Å². The first-order valence-corrected chi connectivity index (χ1v) is 12.2. The topological polar surface area (TPSA) is 73.4 Å². The maximum Gasteiger partial charge on any atom is 0.236 e. The number of amides is 1. The molecule has 2 fully saturated rings. The summed E-state index contributed by atoms with van der Waals surface area (Å²) in [5, 5.41) is 0.606. The van der Waals surface area contributed by atoms with E-state index in [-0.39, 0.29) is 18.8 Å². The van der Waals surface area contributed by atoms with Crippen LogP contribution >= 0.6 is 11.6 Å². The Morgan fingerprint density at radius 2 is 1.85 bits per heavy atom. The standard InChI is InChI=1S/C25H30ClN3O5/c26-22-10-24-23(33-17-34-24)9-20(22)12-28-13-21(32-16-19-1-5-27-6-2-19)14-29(25(30)15-28)11-18-3-7-31-8-4-18/h1-2,5-6,9-10,18,21H,3-4,7-8,11-17H2/t21-/m0/s1. The molecule has 0 N–H and O–H groups in total. The van der Waals surface area contributed by atoms with Crippen LogP contribution in [-0.2, 0) is 27.4 Å². The first kappa shape index (κ1) is 23.4. The van der Waals surface area contributed by atoms with E-state index in [4.69, 9.17) is 30.5 Å². The van der Waals surface area contributed by atoms with E-state index in [2.05, 4.69) is 9.88 Å². The molecule has 0 spiro atoms. The molecule has 0 bridgehead atoms. The van der Waals surface area contributed by atoms with Crippen molar-refractivity contribution in [3.8, 4) is 11.5 Å². The highest BCUT2D eigenvalue weighted by atomic mass is 35.5. The van der Waals surface area contributed by atoms with Gasteiger partial charge < -0.3 is 23.8 Å². The van der Waals surface area contributed by atoms with Crippen LogP contribution in [0, 0.1) is 5.92 Å². The van der Waals surface area contributed by atoms with Crippen molar-refractivity contribution in [3.05, 3.63) is 52.8 Å². The van der Waals surface area contributed by atoms with E-state index in [1.165, 1.54) is 0 Å². The zero-order valence-corrected chi connectivity index (χ0v) is 19.9. The number of fused-ring (bicyclic) bond motifs is 1. The van der Waals surface area contributed by atoms with E-state index in [9.17, 15) is 4.79 Å². The monoisotopic (exact) mass is 487 g/mol. The summed E-state index contributed by atoms with van der Waals surface area (Å²) in [5.74, 6) is 1.93. The van der Waals surface area contributed by atoms with Crippen molar-refractivity contribution >= 4 is 17.5 Å². The van der Waals surface area contributed by atoms with Crippen LogP contribution in [0.5, 0.6) is 11.5 Å². The summed E-state index contributed by atoms with van der Waals surface area (Å²) in [6.07, 6.45) is 5.39. The van der Waals surface area contributed by atoms with Crippen molar-refractivity contribution in [1.29, 1.82) is 0 Å². The van der Waals surface area contributed by atoms with E-state index in [0.29, 0.717) is 55.2 Å². The van der Waals surface area contributed by atoms with Crippen molar-refractivity contribution in [2.24, 2.45) is 5.92 Å². The fraction of sp³-hybridized carbons (Fsp3) is 0.520. The molecular weight excluding hydrogens is 458 g/mol. The summed E-state index contributed by atoms with van der Waals surface area (Å²) < 4.78 is 22.8. The van der Waals surface area contributed by atoms with Crippen LogP contribution in [0.2, 0.25) is 5.02 Å². The summed E-state index contributed by atoms with van der Waals surface area (Å²) in [5.41, 5.74) is 1.97. The van der Waals surface area contributed by atoms with Crippen LogP contribution in [0.25, 0.3) is 0 Å². The third kappa shape index (κ3) is 5.81. The number of carbonyl (C=O) groups excluding carboxylic acids is 1. The second-order valence-corrected chi connectivity index (χ2v) is 9.52. The van der Waals surface area contributed by atoms with Gasteiger partial charge in [-0.1, -0.05) is 11.6 Å². The lowest BCUT2D eigenvalue weighted by Crippen LogP contribution is -2.42. The van der Waals surface area contributed by atoms with Crippen molar-refractivity contribution in [2.45, 2.75) is 32.1 Å². The Morgan fingerprint density at radius 1 is 1.09 bits per heavy atom. The molecule has 9 heteroatoms. The van der Waals surface area contributed by atoms with Gasteiger partial charge in [0, 0.05) is 62.9 Å². The van der Waals surface area contributed by atoms with Gasteiger partial charge in [0.15, 0.2) is 11.5 Å². The maximum atomic E-state index is 13.3. The Labute approximate surface area is 204 Å². The van der Waals surface area contributed by atoms with Crippen LogP contribution in [0.15, 0.2) is 36.7 Å². The molecule has 0 aliphatic carbocycles. The number of carbonyl (C=O) groups is 1. The second kappa shape index (κ2) is 10.9. The zero-order valence-electron chi connectivity index (χ0n) is 19.2. The molecule has 1 amide bonds. The highest BCUT2D eigenvalue weighted by molar-refractivity contribution is 6.31. The number of hydrogen-bond acceptors (Lipinski definition) is 7. The van der Waals surface area contributed by atoms with Crippen LogP contribution in [0.3, 0.4) is 0 Å². The van der Waals surface area contributed by atoms with Gasteiger partial charge in [0.25, 0.3) is 0 Å². The number of benzene rings is 1. The molecule has 34 heavy (non-hydrogen) atoms. The fourth-order valence-corrected chi connectivity index (χ4v) is 4.92. The zero-order chi connectivity index (χ0) is 23.3. The Balaban J connectivity index is 1.30. The molecule has 182 valence electrons. The average Bonchev–Trinajstić information content (AvgIpc) is 3.24. The summed E-state index contributed by atoms with van der Waals surface area (Å²) in [4.78, 5) is 21.5. The number of hydrogen-bond donors (Lipinski definition) is 0. The summed E-state index contributed by atoms with van der Waals surface area (Å²) in [6.45, 7) is 5.01. The molecule has 4 heterocycles. The largest absolute Gasteiger partial charge is 0.454 e. The summed E-state index contributed by atoms with van der Waals surface area (Å²) in [6, 6.07) is 7.60. The van der Waals surface area contributed by atoms with Crippen LogP contribution in [-0.4, -0.2) is 73.0 Å². The quantitative estimate of drug-likeness (QED) is 0.594. The summed E-state index contributed by atoms with van der Waals surface area (Å²) >= 11 is 6.53. The molecule has 1 aromatic heterocycles. The average molecular weight is 488 g/mol. The number of pyridine rings is 1. The lowest BCUT2D eigenvalue weighted by atomic mass is 9.99. The number of ether oxygens (including phenoxy) is 4. The van der Waals surface area contributed by atoms with Crippen molar-refractivity contribution in [3.63, 3.8) is 0 Å². The van der Waals surface area contributed by atoms with Crippen LogP contribution in [0.4, 0.5) is 0 Å². The molecule has 2 saturated heterocycles. The molecule has 0 unspecified atom stereocenters. The first-order valence-electron chi connectivity index (χ1n) is 11.8. The Hall–Kier alpha value is -2.39. The van der Waals surface area contributed by atoms with E-state index in [1.54, 1.807) is 18.5 Å². The molecule has 0 saturated carbocycles. The number of aromatic nitrogens is 1. The Morgan fingerprint density at radius 3 is 2.65 bits per heavy atom. The van der Waals surface area contributed by atoms with Crippen molar-refractivity contribution in [1.82, 2.24) is 14.8 Å². The number of rotatable bonds is 7. The van der Waals surface area contributed by atoms with Gasteiger partial charge in [-0.25, -0.2) is 0 Å². The van der Waals surface area contributed by atoms with E-state index in [0.717, 1.165) is 43.7 Å². The molecule has 1 aromatic carbocycles. The van der Waals surface area contributed by atoms with E-state index >= 15 is 0 Å². The van der Waals surface area contributed by atoms with E-state index in [1.807, 2.05) is 23.1 Å². The van der Waals surface area contributed by atoms with Crippen LogP contribution < -0.4 is 9.47 Å². The normalized spacial score (nSPS) is 21.6. The molecule has 5 rings (SSSR count). The second-order valence-electron chi connectivity index (χ2n) is 9.11. The highest BCUT2D eigenvalue weighted by Crippen LogP contribution is 2.37. The smallest absolute Gasteiger partial charge is 0.236 e. The minimum Gasteiger partial charge on any atom is -0.454 e. The highest BCUT2D eigenvalue weighted by Gasteiger charge is 2.31. The molecule has 3 aliphatic rings. The van der Waals surface area contributed by atoms with Gasteiger partial charge in [0.1, 0.15) is 0 Å². The van der Waals surface area contributed by atoms with Crippen molar-refractivity contribution in [2.75, 3.05) is 46.2 Å². The van der Waals surface area contributed by atoms with Gasteiger partial charge in [0.2, 0.25) is 12.7 Å². The van der Waals surface area contributed by atoms with Gasteiger partial charge in [-0.3, -0.25) is 14.7 Å². The number of nitrogens with zero attached hydrogens (tertiary/aromatic N) is 3. The molecule has 1 atom stereocenters. The van der Waals surface area contributed by atoms with Gasteiger partial charge >= 0.3 is 0 Å². The van der Waals surface area contributed by atoms with Crippen molar-refractivity contribution < 1.29 is 23.7 Å². The lowest BCUT2D eigenvalue weighted by molar-refractivity contribution is -0.133. The predicted octanol–water partition coefficient (Wildman–Crippen LogP) is 3.12. The van der Waals surface area contributed by atoms with E-state index < -0.39 is 0 Å². The summed E-state index contributed by atoms with van der Waals surface area (Å²) in [7, 11) is 0. The van der Waals surface area contributed by atoms with Gasteiger partial charge in [-0.05, 0) is 48.1 Å². The minimum atomic E-state index is -0.118. The molecule has 3 aliphatic heterocycles. The molecule has 2 aromatic rings. The number of halogens is 1. The van der Waals surface area contributed by atoms with Gasteiger partial charge in [0.05, 0.1) is 19.3 Å².